The number of carbonyl (C=O) groups is 1. The lowest BCUT2D eigenvalue weighted by atomic mass is 10.2. The average molecular weight is 454 g/mol. The van der Waals surface area contributed by atoms with E-state index in [9.17, 15) is 4.79 Å². The quantitative estimate of drug-likeness (QED) is 0.730. The van der Waals surface area contributed by atoms with Gasteiger partial charge in [-0.1, -0.05) is 23.2 Å². The van der Waals surface area contributed by atoms with E-state index in [1.165, 1.54) is 0 Å². The zero-order chi connectivity index (χ0) is 17.6. The van der Waals surface area contributed by atoms with Crippen LogP contribution in [0, 0.1) is 0 Å². The van der Waals surface area contributed by atoms with Crippen LogP contribution >= 0.6 is 48.0 Å². The van der Waals surface area contributed by atoms with Gasteiger partial charge in [-0.3, -0.25) is 4.98 Å². The number of pyridine rings is 1. The van der Waals surface area contributed by atoms with Crippen LogP contribution in [0.15, 0.2) is 42.7 Å². The summed E-state index contributed by atoms with van der Waals surface area (Å²) in [6, 6.07) is 8.26. The summed E-state index contributed by atoms with van der Waals surface area (Å²) < 4.78 is 5.75. The van der Waals surface area contributed by atoms with Gasteiger partial charge in [-0.2, -0.15) is 0 Å². The smallest absolute Gasteiger partial charge is 0.322 e. The second kappa shape index (κ2) is 11.4. The molecular weight excluding hydrogens is 434 g/mol. The van der Waals surface area contributed by atoms with Gasteiger partial charge in [0.15, 0.2) is 0 Å². The maximum Gasteiger partial charge on any atom is 0.322 e. The van der Waals surface area contributed by atoms with Crippen molar-refractivity contribution in [2.24, 2.45) is 0 Å². The minimum absolute atomic E-state index is 0. The highest BCUT2D eigenvalue weighted by Gasteiger charge is 2.27. The van der Waals surface area contributed by atoms with Gasteiger partial charge in [0.05, 0.1) is 22.9 Å². The zero-order valence-corrected chi connectivity index (χ0v) is 17.4. The molecule has 1 aliphatic heterocycles. The summed E-state index contributed by atoms with van der Waals surface area (Å²) in [5.41, 5.74) is 0.490. The lowest BCUT2D eigenvalue weighted by molar-refractivity contribution is 0.133. The number of aromatic nitrogens is 1. The Morgan fingerprint density at radius 2 is 2.15 bits per heavy atom. The molecule has 1 aromatic carbocycles. The van der Waals surface area contributed by atoms with E-state index in [-0.39, 0.29) is 36.9 Å². The topological polar surface area (TPSA) is 66.5 Å². The van der Waals surface area contributed by atoms with Crippen LogP contribution in [-0.4, -0.2) is 48.2 Å². The predicted octanol–water partition coefficient (Wildman–Crippen LogP) is 4.12. The molecule has 1 saturated heterocycles. The number of piperazine rings is 1. The SMILES string of the molecule is Cl.Cl.O=C(Nc1cc(Cl)ccc1Cl)N1CCNCC1COc1cccnc1. The molecule has 2 N–H and O–H groups in total. The standard InChI is InChI=1S/C17H18Cl2N4O2.2ClH/c18-12-3-4-15(19)16(8-12)22-17(24)23-7-6-21-9-13(23)11-25-14-2-1-5-20-10-14;;/h1-5,8,10,13,21H,6-7,9,11H2,(H,22,24);2*1H. The Kier molecular flexibility index (Phi) is 9.98. The minimum atomic E-state index is -0.231. The monoisotopic (exact) mass is 452 g/mol. The Hall–Kier alpha value is -1.44. The van der Waals surface area contributed by atoms with Gasteiger partial charge in [0.25, 0.3) is 0 Å². The van der Waals surface area contributed by atoms with Crippen LogP contribution < -0.4 is 15.4 Å². The Bertz CT molecular complexity index is 736. The Morgan fingerprint density at radius 1 is 1.33 bits per heavy atom. The minimum Gasteiger partial charge on any atom is -0.490 e. The molecule has 0 saturated carbocycles. The number of nitrogens with one attached hydrogen (secondary N) is 2. The molecule has 10 heteroatoms. The summed E-state index contributed by atoms with van der Waals surface area (Å²) in [4.78, 5) is 18.4. The van der Waals surface area contributed by atoms with E-state index in [0.29, 0.717) is 41.2 Å². The molecule has 3 rings (SSSR count). The molecule has 0 radical (unpaired) electrons. The van der Waals surface area contributed by atoms with Gasteiger partial charge >= 0.3 is 6.03 Å². The second-order valence-corrected chi connectivity index (χ2v) is 6.45. The fraction of sp³-hybridized carbons (Fsp3) is 0.294. The molecular formula is C17H20Cl4N4O2. The third kappa shape index (κ3) is 6.59. The highest BCUT2D eigenvalue weighted by Crippen LogP contribution is 2.26. The molecule has 27 heavy (non-hydrogen) atoms. The molecule has 1 atom stereocenters. The molecule has 6 nitrogen and oxygen atoms in total. The average Bonchev–Trinajstić information content (AvgIpc) is 2.64. The Labute approximate surface area is 180 Å². The summed E-state index contributed by atoms with van der Waals surface area (Å²) in [6.45, 7) is 2.32. The van der Waals surface area contributed by atoms with Crippen LogP contribution in [0.3, 0.4) is 0 Å². The van der Waals surface area contributed by atoms with Gasteiger partial charge in [-0.15, -0.1) is 24.8 Å². The summed E-state index contributed by atoms with van der Waals surface area (Å²) >= 11 is 12.1. The van der Waals surface area contributed by atoms with E-state index in [1.807, 2.05) is 6.07 Å². The van der Waals surface area contributed by atoms with Crippen LogP contribution in [0.2, 0.25) is 10.0 Å². The third-order valence-corrected chi connectivity index (χ3v) is 4.42. The molecule has 1 aliphatic rings. The van der Waals surface area contributed by atoms with E-state index < -0.39 is 0 Å². The van der Waals surface area contributed by atoms with Crippen LogP contribution in [-0.2, 0) is 0 Å². The highest BCUT2D eigenvalue weighted by atomic mass is 35.5. The second-order valence-electron chi connectivity index (χ2n) is 5.61. The molecule has 148 valence electrons. The van der Waals surface area contributed by atoms with Crippen molar-refractivity contribution in [2.75, 3.05) is 31.6 Å². The van der Waals surface area contributed by atoms with Gasteiger partial charge in [0.1, 0.15) is 12.4 Å². The van der Waals surface area contributed by atoms with Crippen LogP contribution in [0.5, 0.6) is 5.75 Å². The van der Waals surface area contributed by atoms with E-state index in [1.54, 1.807) is 41.6 Å². The molecule has 1 fully saturated rings. The maximum absolute atomic E-state index is 12.7. The molecule has 1 aromatic heterocycles. The van der Waals surface area contributed by atoms with Crippen LogP contribution in [0.25, 0.3) is 0 Å². The lowest BCUT2D eigenvalue weighted by Crippen LogP contribution is -2.57. The van der Waals surface area contributed by atoms with Crippen molar-refractivity contribution in [1.29, 1.82) is 0 Å². The number of hydrogen-bond donors (Lipinski definition) is 2. The molecule has 0 spiro atoms. The first kappa shape index (κ1) is 23.6. The molecule has 1 unspecified atom stereocenters. The number of nitrogens with zero attached hydrogens (tertiary/aromatic N) is 2. The molecule has 2 aromatic rings. The number of halogens is 4. The lowest BCUT2D eigenvalue weighted by Gasteiger charge is -2.36. The first-order chi connectivity index (χ1) is 12.1. The first-order valence-corrected chi connectivity index (χ1v) is 8.65. The zero-order valence-electron chi connectivity index (χ0n) is 14.2. The van der Waals surface area contributed by atoms with Crippen molar-refractivity contribution in [2.45, 2.75) is 6.04 Å². The van der Waals surface area contributed by atoms with Crippen molar-refractivity contribution < 1.29 is 9.53 Å². The third-order valence-electron chi connectivity index (χ3n) is 3.86. The normalized spacial score (nSPS) is 15.9. The predicted molar refractivity (Wildman–Crippen MR) is 113 cm³/mol. The summed E-state index contributed by atoms with van der Waals surface area (Å²) in [7, 11) is 0. The van der Waals surface area contributed by atoms with E-state index >= 15 is 0 Å². The number of rotatable bonds is 4. The van der Waals surface area contributed by atoms with Crippen LogP contribution in [0.4, 0.5) is 10.5 Å². The van der Waals surface area contributed by atoms with Crippen molar-refractivity contribution in [3.05, 3.63) is 52.8 Å². The number of amides is 2. The maximum atomic E-state index is 12.7. The molecule has 0 bridgehead atoms. The van der Waals surface area contributed by atoms with E-state index in [0.717, 1.165) is 6.54 Å². The van der Waals surface area contributed by atoms with E-state index in [2.05, 4.69) is 15.6 Å². The number of urea groups is 1. The largest absolute Gasteiger partial charge is 0.490 e. The number of ether oxygens (including phenoxy) is 1. The van der Waals surface area contributed by atoms with Gasteiger partial charge in [0, 0.05) is 30.9 Å². The Morgan fingerprint density at radius 3 is 2.89 bits per heavy atom. The summed E-state index contributed by atoms with van der Waals surface area (Å²) in [5.74, 6) is 0.673. The van der Waals surface area contributed by atoms with Crippen molar-refractivity contribution in [3.8, 4) is 5.75 Å². The molecule has 2 amide bonds. The molecule has 2 heterocycles. The number of hydrogen-bond acceptors (Lipinski definition) is 4. The number of benzene rings is 1. The first-order valence-electron chi connectivity index (χ1n) is 7.89. The van der Waals surface area contributed by atoms with Gasteiger partial charge in [-0.05, 0) is 30.3 Å². The van der Waals surface area contributed by atoms with Gasteiger partial charge in [0.2, 0.25) is 0 Å². The fourth-order valence-corrected chi connectivity index (χ4v) is 2.92. The van der Waals surface area contributed by atoms with Crippen LogP contribution in [0.1, 0.15) is 0 Å². The fourth-order valence-electron chi connectivity index (χ4n) is 2.58. The van der Waals surface area contributed by atoms with Crippen molar-refractivity contribution in [3.63, 3.8) is 0 Å². The van der Waals surface area contributed by atoms with Gasteiger partial charge in [-0.25, -0.2) is 4.79 Å². The summed E-state index contributed by atoms with van der Waals surface area (Å²) in [5, 5.41) is 7.05. The van der Waals surface area contributed by atoms with E-state index in [4.69, 9.17) is 27.9 Å². The molecule has 0 aliphatic carbocycles. The number of anilines is 1. The summed E-state index contributed by atoms with van der Waals surface area (Å²) in [6.07, 6.45) is 3.33. The number of carbonyl (C=O) groups excluding carboxylic acids is 1. The van der Waals surface area contributed by atoms with Crippen molar-refractivity contribution >= 4 is 59.7 Å². The van der Waals surface area contributed by atoms with Gasteiger partial charge < -0.3 is 20.3 Å². The van der Waals surface area contributed by atoms with Crippen molar-refractivity contribution in [1.82, 2.24) is 15.2 Å². The highest BCUT2D eigenvalue weighted by molar-refractivity contribution is 6.35. The Balaban J connectivity index is 0.00000182.